The highest BCUT2D eigenvalue weighted by molar-refractivity contribution is 6.31. The van der Waals surface area contributed by atoms with Crippen LogP contribution in [0.5, 0.6) is 5.75 Å². The number of benzene rings is 2. The van der Waals surface area contributed by atoms with Gasteiger partial charge in [-0.25, -0.2) is 4.39 Å². The number of aliphatic carboxylic acids is 1. The summed E-state index contributed by atoms with van der Waals surface area (Å²) in [5, 5.41) is 13.2. The maximum absolute atomic E-state index is 14.1. The first-order valence-corrected chi connectivity index (χ1v) is 11.5. The van der Waals surface area contributed by atoms with Gasteiger partial charge in [-0.2, -0.15) is 4.98 Å². The second-order valence-electron chi connectivity index (χ2n) is 7.88. The van der Waals surface area contributed by atoms with Crippen LogP contribution in [-0.2, 0) is 11.2 Å². The summed E-state index contributed by atoms with van der Waals surface area (Å²) in [7, 11) is 0. The van der Waals surface area contributed by atoms with Crippen molar-refractivity contribution in [3.05, 3.63) is 70.8 Å². The molecule has 0 radical (unpaired) electrons. The first kappa shape index (κ1) is 24.3. The molecule has 180 valence electrons. The number of carbonyl (C=O) groups is 1. The molecule has 0 spiro atoms. The molecule has 0 aliphatic heterocycles. The summed E-state index contributed by atoms with van der Waals surface area (Å²) in [6.07, 6.45) is 2.54. The Labute approximate surface area is 206 Å². The molecule has 1 N–H and O–H groups in total. The minimum Gasteiger partial charge on any atom is -0.493 e. The van der Waals surface area contributed by atoms with Crippen molar-refractivity contribution in [2.45, 2.75) is 33.1 Å². The van der Waals surface area contributed by atoms with Crippen LogP contribution in [0.3, 0.4) is 0 Å². The smallest absolute Gasteiger partial charge is 0.303 e. The number of rotatable bonds is 9. The van der Waals surface area contributed by atoms with E-state index in [2.05, 4.69) is 15.1 Å². The summed E-state index contributed by atoms with van der Waals surface area (Å²) in [6, 6.07) is 12.1. The van der Waals surface area contributed by atoms with Crippen LogP contribution < -0.4 is 4.74 Å². The molecule has 0 saturated heterocycles. The third-order valence-corrected chi connectivity index (χ3v) is 5.82. The van der Waals surface area contributed by atoms with Crippen LogP contribution in [-0.4, -0.2) is 32.8 Å². The molecule has 0 amide bonds. The Kier molecular flexibility index (Phi) is 7.41. The lowest BCUT2D eigenvalue weighted by Crippen LogP contribution is -1.98. The fourth-order valence-corrected chi connectivity index (χ4v) is 3.95. The molecule has 7 nitrogen and oxygen atoms in total. The molecule has 0 aliphatic rings. The van der Waals surface area contributed by atoms with E-state index >= 15 is 0 Å². The zero-order chi connectivity index (χ0) is 24.9. The molecule has 9 heteroatoms. The van der Waals surface area contributed by atoms with Crippen LogP contribution in [0.4, 0.5) is 4.39 Å². The van der Waals surface area contributed by atoms with E-state index in [1.54, 1.807) is 31.3 Å². The standard InChI is InChI=1S/C26H23ClFN3O4/c1-3-34-23-13-16(10-11-19(23)18-6-4-7-21(28)15(18)2)26-30-25(31-35-26)17-12-20(27)22(29-14-17)8-5-9-24(32)33/h4,6-7,10-14H,3,5,8-9H2,1-2H3,(H,32,33). The normalized spacial score (nSPS) is 11.0. The summed E-state index contributed by atoms with van der Waals surface area (Å²) in [5.74, 6) is 0.0351. The SMILES string of the molecule is CCOc1cc(-c2nc(-c3cnc(CCCC(=O)O)c(Cl)c3)no2)ccc1-c1cccc(F)c1C. The average Bonchev–Trinajstić information content (AvgIpc) is 3.32. The summed E-state index contributed by atoms with van der Waals surface area (Å²) in [4.78, 5) is 19.5. The maximum atomic E-state index is 14.1. The Morgan fingerprint density at radius 2 is 2.00 bits per heavy atom. The fraction of sp³-hybridized carbons (Fsp3) is 0.231. The lowest BCUT2D eigenvalue weighted by atomic mass is 9.98. The van der Waals surface area contributed by atoms with Crippen molar-refractivity contribution >= 4 is 17.6 Å². The van der Waals surface area contributed by atoms with Crippen molar-refractivity contribution in [3.63, 3.8) is 0 Å². The number of carboxylic acids is 1. The summed E-state index contributed by atoms with van der Waals surface area (Å²) < 4.78 is 25.4. The third-order valence-electron chi connectivity index (χ3n) is 5.49. The van der Waals surface area contributed by atoms with Crippen molar-refractivity contribution in [1.82, 2.24) is 15.1 Å². The molecule has 2 heterocycles. The maximum Gasteiger partial charge on any atom is 0.303 e. The van der Waals surface area contributed by atoms with E-state index < -0.39 is 5.97 Å². The van der Waals surface area contributed by atoms with E-state index in [1.165, 1.54) is 6.07 Å². The number of pyridine rings is 1. The highest BCUT2D eigenvalue weighted by atomic mass is 35.5. The quantitative estimate of drug-likeness (QED) is 0.288. The van der Waals surface area contributed by atoms with Gasteiger partial charge in [0.1, 0.15) is 11.6 Å². The van der Waals surface area contributed by atoms with Crippen LogP contribution in [0.1, 0.15) is 31.0 Å². The van der Waals surface area contributed by atoms with Crippen LogP contribution in [0.15, 0.2) is 53.2 Å². The fourth-order valence-electron chi connectivity index (χ4n) is 3.69. The van der Waals surface area contributed by atoms with Crippen molar-refractivity contribution in [1.29, 1.82) is 0 Å². The molecular weight excluding hydrogens is 473 g/mol. The Balaban J connectivity index is 1.61. The van der Waals surface area contributed by atoms with E-state index in [9.17, 15) is 9.18 Å². The van der Waals surface area contributed by atoms with Gasteiger partial charge in [0.05, 0.1) is 17.3 Å². The zero-order valence-electron chi connectivity index (χ0n) is 19.2. The number of hydrogen-bond acceptors (Lipinski definition) is 6. The van der Waals surface area contributed by atoms with Crippen molar-refractivity contribution < 1.29 is 23.6 Å². The Hall–Kier alpha value is -3.78. The Morgan fingerprint density at radius 3 is 2.74 bits per heavy atom. The summed E-state index contributed by atoms with van der Waals surface area (Å²) in [6.45, 7) is 4.04. The van der Waals surface area contributed by atoms with Gasteiger partial charge in [-0.15, -0.1) is 0 Å². The summed E-state index contributed by atoms with van der Waals surface area (Å²) >= 11 is 6.33. The molecule has 0 saturated carbocycles. The first-order chi connectivity index (χ1) is 16.9. The molecule has 4 rings (SSSR count). The van der Waals surface area contributed by atoms with Crippen molar-refractivity contribution in [2.24, 2.45) is 0 Å². The summed E-state index contributed by atoms with van der Waals surface area (Å²) in [5.41, 5.74) is 3.89. The van der Waals surface area contributed by atoms with E-state index in [0.29, 0.717) is 58.4 Å². The van der Waals surface area contributed by atoms with E-state index in [4.69, 9.17) is 26.0 Å². The van der Waals surface area contributed by atoms with E-state index in [-0.39, 0.29) is 18.1 Å². The number of ether oxygens (including phenoxy) is 1. The number of hydrogen-bond donors (Lipinski definition) is 1. The molecule has 2 aromatic carbocycles. The highest BCUT2D eigenvalue weighted by Crippen LogP contribution is 2.36. The average molecular weight is 496 g/mol. The molecule has 2 aromatic heterocycles. The third kappa shape index (κ3) is 5.49. The molecule has 0 unspecified atom stereocenters. The lowest BCUT2D eigenvalue weighted by molar-refractivity contribution is -0.137. The molecule has 0 atom stereocenters. The van der Waals surface area contributed by atoms with Gasteiger partial charge in [0.2, 0.25) is 5.82 Å². The number of halogens is 2. The van der Waals surface area contributed by atoms with Gasteiger partial charge in [-0.3, -0.25) is 9.78 Å². The second kappa shape index (κ2) is 10.7. The minimum atomic E-state index is -0.858. The number of nitrogens with zero attached hydrogens (tertiary/aromatic N) is 3. The lowest BCUT2D eigenvalue weighted by Gasteiger charge is -2.13. The van der Waals surface area contributed by atoms with E-state index in [1.807, 2.05) is 25.1 Å². The number of carboxylic acid groups (broad SMARTS) is 1. The van der Waals surface area contributed by atoms with Gasteiger partial charge in [-0.1, -0.05) is 28.9 Å². The molecule has 0 bridgehead atoms. The second-order valence-corrected chi connectivity index (χ2v) is 8.29. The Bertz CT molecular complexity index is 1370. The molecular formula is C26H23ClFN3O4. The van der Waals surface area contributed by atoms with Gasteiger partial charge < -0.3 is 14.4 Å². The largest absolute Gasteiger partial charge is 0.493 e. The zero-order valence-corrected chi connectivity index (χ0v) is 20.0. The molecule has 4 aromatic rings. The van der Waals surface area contributed by atoms with Crippen LogP contribution in [0, 0.1) is 12.7 Å². The molecule has 0 aliphatic carbocycles. The monoisotopic (exact) mass is 495 g/mol. The van der Waals surface area contributed by atoms with Crippen LogP contribution in [0.25, 0.3) is 34.0 Å². The molecule has 35 heavy (non-hydrogen) atoms. The van der Waals surface area contributed by atoms with Gasteiger partial charge in [-0.05, 0) is 68.1 Å². The molecule has 0 fully saturated rings. The van der Waals surface area contributed by atoms with Gasteiger partial charge in [0.15, 0.2) is 0 Å². The number of aryl methyl sites for hydroxylation is 1. The van der Waals surface area contributed by atoms with Gasteiger partial charge in [0.25, 0.3) is 5.89 Å². The first-order valence-electron chi connectivity index (χ1n) is 11.1. The van der Waals surface area contributed by atoms with Crippen LogP contribution in [0.2, 0.25) is 5.02 Å². The highest BCUT2D eigenvalue weighted by Gasteiger charge is 2.17. The topological polar surface area (TPSA) is 98.3 Å². The van der Waals surface area contributed by atoms with Crippen LogP contribution >= 0.6 is 11.6 Å². The predicted molar refractivity (Wildman–Crippen MR) is 130 cm³/mol. The Morgan fingerprint density at radius 1 is 1.17 bits per heavy atom. The van der Waals surface area contributed by atoms with E-state index in [0.717, 1.165) is 11.1 Å². The van der Waals surface area contributed by atoms with Gasteiger partial charge in [0, 0.05) is 29.3 Å². The predicted octanol–water partition coefficient (Wildman–Crippen LogP) is 6.37. The minimum absolute atomic E-state index is 0.0509. The van der Waals surface area contributed by atoms with Crippen molar-refractivity contribution in [2.75, 3.05) is 6.61 Å². The van der Waals surface area contributed by atoms with Gasteiger partial charge >= 0.3 is 5.97 Å². The van der Waals surface area contributed by atoms with Crippen molar-refractivity contribution in [3.8, 4) is 39.7 Å². The number of aromatic nitrogens is 3.